The van der Waals surface area contributed by atoms with Gasteiger partial charge in [-0.05, 0) is 66.3 Å². The number of nitrogens with two attached hydrogens (primary N) is 2. The highest BCUT2D eigenvalue weighted by molar-refractivity contribution is 6.38. The fourth-order valence-corrected chi connectivity index (χ4v) is 6.70. The molecule has 320 valence electrons. The van der Waals surface area contributed by atoms with Crippen molar-refractivity contribution in [1.29, 1.82) is 5.26 Å². The number of aryl methyl sites for hydroxylation is 5. The van der Waals surface area contributed by atoms with Gasteiger partial charge in [-0.2, -0.15) is 15.5 Å². The van der Waals surface area contributed by atoms with Crippen LogP contribution < -0.4 is 28.1 Å². The molecular weight excluding hydrogens is 858 g/mol. The van der Waals surface area contributed by atoms with E-state index in [0.717, 1.165) is 17.4 Å². The lowest BCUT2D eigenvalue weighted by Crippen LogP contribution is -2.14. The second-order valence-electron chi connectivity index (χ2n) is 14.0. The molecule has 0 saturated heterocycles. The number of halogens is 4. The maximum Gasteiger partial charge on any atom is 0.260 e. The van der Waals surface area contributed by atoms with Gasteiger partial charge in [-0.3, -0.25) is 23.7 Å². The van der Waals surface area contributed by atoms with E-state index in [9.17, 15) is 23.7 Å². The van der Waals surface area contributed by atoms with Gasteiger partial charge in [0.2, 0.25) is 0 Å². The standard InChI is InChI=1S/C11H10ClN5O.C11H9ClN4O.C10H5ClFN3O.C4H9NO2.C2H7N/c1-4-14-6-3-5(12)9-8(7(6)11(18)15-4)10(13)16-17(9)2;1-5-14-8-3-7(12)10-6(4-13-16(10)2)9(8)11(17)15-5;1-4-14-7-2-6(11)9(12)5(3-13)8(7)10(16)15-4;1-4(2,3)7-5-6;1-2-3/h3H,1-2H3,(H2,13,16)(H,14,15,18);3-4H,1-2H3,(H,14,15,17);2H,1H3,(H,14,15,16);1-3H3;2-3H2,1H3. The van der Waals surface area contributed by atoms with Crippen LogP contribution >= 0.6 is 34.8 Å². The molecule has 0 aliphatic carbocycles. The van der Waals surface area contributed by atoms with Crippen molar-refractivity contribution in [3.05, 3.63) is 104 Å². The summed E-state index contributed by atoms with van der Waals surface area (Å²) in [5.74, 6) is 0.861. The first-order valence-electron chi connectivity index (χ1n) is 17.9. The smallest absolute Gasteiger partial charge is 0.260 e. The van der Waals surface area contributed by atoms with Crippen LogP contribution in [0.3, 0.4) is 0 Å². The average molecular weight is 898 g/mol. The van der Waals surface area contributed by atoms with Gasteiger partial charge in [0.25, 0.3) is 16.7 Å². The minimum absolute atomic E-state index is 0.0741. The third-order valence-electron chi connectivity index (χ3n) is 8.07. The second kappa shape index (κ2) is 19.2. The van der Waals surface area contributed by atoms with E-state index < -0.39 is 17.0 Å². The molecular formula is C38H40Cl3FN14O5. The molecule has 0 saturated carbocycles. The van der Waals surface area contributed by atoms with Crippen molar-refractivity contribution in [2.75, 3.05) is 12.3 Å². The predicted octanol–water partition coefficient (Wildman–Crippen LogP) is 6.47. The fourth-order valence-electron chi connectivity index (χ4n) is 5.85. The maximum absolute atomic E-state index is 13.5. The number of anilines is 1. The quantitative estimate of drug-likeness (QED) is 0.0873. The molecule has 0 bridgehead atoms. The SMILES string of the molecule is CC(C)(C)ON=O.CCN.Cc1nc2cc(Cl)c(F)c(C#N)c2c(=O)[nH]1.Cc1nc2cc(Cl)c3c(c(N)nn3C)c2c(=O)[nH]1.Cc1nc2cc(Cl)c3c(cnn3C)c2c(=O)[nH]1. The Hall–Kier alpha value is -6.53. The van der Waals surface area contributed by atoms with Crippen molar-refractivity contribution in [2.45, 2.75) is 54.1 Å². The monoisotopic (exact) mass is 896 g/mol. The number of aromatic nitrogens is 10. The summed E-state index contributed by atoms with van der Waals surface area (Å²) in [6.07, 6.45) is 1.63. The molecule has 0 aliphatic heterocycles. The molecule has 0 radical (unpaired) electrons. The first-order chi connectivity index (χ1) is 28.6. The van der Waals surface area contributed by atoms with Gasteiger partial charge >= 0.3 is 0 Å². The first-order valence-corrected chi connectivity index (χ1v) is 19.0. The first kappa shape index (κ1) is 47.2. The lowest BCUT2D eigenvalue weighted by Gasteiger charge is -2.11. The maximum atomic E-state index is 13.5. The minimum Gasteiger partial charge on any atom is -0.382 e. The molecule has 0 aliphatic rings. The molecule has 5 heterocycles. The summed E-state index contributed by atoms with van der Waals surface area (Å²) >= 11 is 18.0. The zero-order valence-corrected chi connectivity index (χ0v) is 36.5. The lowest BCUT2D eigenvalue weighted by molar-refractivity contribution is -0.00230. The molecule has 3 aromatic carbocycles. The van der Waals surface area contributed by atoms with E-state index in [1.165, 1.54) is 6.07 Å². The van der Waals surface area contributed by atoms with Crippen LogP contribution in [0.15, 0.2) is 44.1 Å². The molecule has 8 rings (SSSR count). The highest BCUT2D eigenvalue weighted by Gasteiger charge is 2.18. The van der Waals surface area contributed by atoms with Gasteiger partial charge in [-0.25, -0.2) is 19.3 Å². The number of nitrogen functional groups attached to an aromatic ring is 1. The Balaban J connectivity index is 0.000000182. The number of nitrogens with zero attached hydrogens (tertiary/aromatic N) is 9. The molecule has 0 unspecified atom stereocenters. The molecule has 23 heteroatoms. The van der Waals surface area contributed by atoms with Crippen LogP contribution in [0.4, 0.5) is 10.2 Å². The molecule has 8 aromatic rings. The summed E-state index contributed by atoms with van der Waals surface area (Å²) in [6, 6.07) is 6.20. The zero-order chi connectivity index (χ0) is 45.7. The zero-order valence-electron chi connectivity index (χ0n) is 34.2. The van der Waals surface area contributed by atoms with Crippen LogP contribution in [0.1, 0.15) is 50.7 Å². The van der Waals surface area contributed by atoms with Crippen molar-refractivity contribution in [2.24, 2.45) is 25.2 Å². The van der Waals surface area contributed by atoms with Gasteiger partial charge in [-0.15, -0.1) is 4.91 Å². The summed E-state index contributed by atoms with van der Waals surface area (Å²) in [4.78, 5) is 69.5. The number of aromatic amines is 3. The number of nitriles is 1. The number of rotatable bonds is 1. The van der Waals surface area contributed by atoms with Crippen molar-refractivity contribution in [3.8, 4) is 6.07 Å². The number of hydrogen-bond donors (Lipinski definition) is 5. The van der Waals surface area contributed by atoms with Gasteiger partial charge in [0.15, 0.2) is 17.0 Å². The summed E-state index contributed by atoms with van der Waals surface area (Å²) in [6.45, 7) is 13.0. The number of nitrogens with one attached hydrogen (secondary N) is 3. The van der Waals surface area contributed by atoms with Crippen LogP contribution in [-0.4, -0.2) is 61.6 Å². The van der Waals surface area contributed by atoms with E-state index in [1.54, 1.807) is 89.4 Å². The third kappa shape index (κ3) is 10.4. The summed E-state index contributed by atoms with van der Waals surface area (Å²) in [5.41, 5.74) is 11.6. The Kier molecular flexibility index (Phi) is 14.9. The number of benzene rings is 3. The van der Waals surface area contributed by atoms with Crippen molar-refractivity contribution in [3.63, 3.8) is 0 Å². The number of fused-ring (bicyclic) bond motifs is 7. The molecule has 5 aromatic heterocycles. The summed E-state index contributed by atoms with van der Waals surface area (Å²) in [7, 11) is 3.52. The molecule has 19 nitrogen and oxygen atoms in total. The summed E-state index contributed by atoms with van der Waals surface area (Å²) in [5, 5.41) is 22.2. The van der Waals surface area contributed by atoms with E-state index in [-0.39, 0.29) is 38.4 Å². The Morgan fingerprint density at radius 3 is 1.72 bits per heavy atom. The van der Waals surface area contributed by atoms with E-state index >= 15 is 0 Å². The second-order valence-corrected chi connectivity index (χ2v) is 15.2. The van der Waals surface area contributed by atoms with Gasteiger partial charge < -0.3 is 31.3 Å². The van der Waals surface area contributed by atoms with Crippen molar-refractivity contribution in [1.82, 2.24) is 49.5 Å². The lowest BCUT2D eigenvalue weighted by atomic mass is 10.1. The predicted molar refractivity (Wildman–Crippen MR) is 235 cm³/mol. The normalized spacial score (nSPS) is 10.8. The highest BCUT2D eigenvalue weighted by Crippen LogP contribution is 2.32. The van der Waals surface area contributed by atoms with Gasteiger partial charge in [0, 0.05) is 19.5 Å². The van der Waals surface area contributed by atoms with Gasteiger partial charge in [-0.1, -0.05) is 41.7 Å². The largest absolute Gasteiger partial charge is 0.382 e. The topological polar surface area (TPSA) is 287 Å². The number of hydrogen-bond acceptors (Lipinski definition) is 14. The van der Waals surface area contributed by atoms with E-state index in [2.05, 4.69) is 50.3 Å². The number of H-pyrrole nitrogens is 3. The van der Waals surface area contributed by atoms with Crippen LogP contribution in [0.5, 0.6) is 0 Å². The Morgan fingerprint density at radius 2 is 1.25 bits per heavy atom. The van der Waals surface area contributed by atoms with E-state index in [1.807, 2.05) is 6.92 Å². The summed E-state index contributed by atoms with van der Waals surface area (Å²) < 4.78 is 16.7. The molecule has 0 amide bonds. The van der Waals surface area contributed by atoms with Crippen LogP contribution in [0, 0.1) is 42.8 Å². The highest BCUT2D eigenvalue weighted by atomic mass is 35.5. The Labute approximate surface area is 359 Å². The molecule has 0 spiro atoms. The van der Waals surface area contributed by atoms with E-state index in [4.69, 9.17) is 51.5 Å². The molecule has 0 atom stereocenters. The third-order valence-corrected chi connectivity index (χ3v) is 8.93. The van der Waals surface area contributed by atoms with E-state index in [0.29, 0.717) is 60.2 Å². The average Bonchev–Trinajstić information content (AvgIpc) is 3.67. The van der Waals surface area contributed by atoms with Crippen molar-refractivity contribution >= 4 is 95.1 Å². The molecule has 7 N–H and O–H groups in total. The Bertz CT molecular complexity index is 3180. The van der Waals surface area contributed by atoms with Gasteiger partial charge in [0.05, 0.1) is 70.4 Å². The fraction of sp³-hybridized carbons (Fsp3) is 0.289. The van der Waals surface area contributed by atoms with Crippen molar-refractivity contribution < 1.29 is 9.23 Å². The van der Waals surface area contributed by atoms with Gasteiger partial charge in [0.1, 0.15) is 34.7 Å². The minimum atomic E-state index is -0.896. The van der Waals surface area contributed by atoms with Crippen LogP contribution in [0.2, 0.25) is 15.1 Å². The Morgan fingerprint density at radius 1 is 0.803 bits per heavy atom. The van der Waals surface area contributed by atoms with Crippen LogP contribution in [-0.2, 0) is 18.9 Å². The molecule has 0 fully saturated rings. The van der Waals surface area contributed by atoms with Crippen LogP contribution in [0.25, 0.3) is 54.5 Å². The molecule has 61 heavy (non-hydrogen) atoms.